The molecule has 0 spiro atoms. The fraction of sp³-hybridized carbons (Fsp3) is 0.233. The van der Waals surface area contributed by atoms with Crippen LogP contribution in [0.25, 0.3) is 0 Å². The largest absolute Gasteiger partial charge is 0.497 e. The Morgan fingerprint density at radius 2 is 1.71 bits per heavy atom. The molecule has 12 heteroatoms. The molecule has 0 saturated heterocycles. The summed E-state index contributed by atoms with van der Waals surface area (Å²) >= 11 is 1.10. The number of esters is 1. The summed E-state index contributed by atoms with van der Waals surface area (Å²) < 4.78 is 47.5. The molecule has 1 heterocycles. The maximum Gasteiger partial charge on any atom is 0.338 e. The van der Waals surface area contributed by atoms with Crippen molar-refractivity contribution in [1.29, 1.82) is 0 Å². The molecule has 1 fully saturated rings. The number of nitrogens with zero attached hydrogens (tertiary/aromatic N) is 1. The molecule has 42 heavy (non-hydrogen) atoms. The maximum absolute atomic E-state index is 13.5. The number of hydrogen-bond donors (Lipinski definition) is 1. The number of methoxy groups -OCH3 is 1. The second-order valence-electron chi connectivity index (χ2n) is 9.31. The number of aromatic nitrogens is 1. The van der Waals surface area contributed by atoms with E-state index in [0.29, 0.717) is 46.3 Å². The van der Waals surface area contributed by atoms with Crippen molar-refractivity contribution >= 4 is 38.2 Å². The molecular weight excluding hydrogens is 580 g/mol. The van der Waals surface area contributed by atoms with Crippen molar-refractivity contribution in [2.75, 3.05) is 19.0 Å². The SMILES string of the molecule is CCOC(=O)c1ccc(Oc2cnc(NC(=O)C(Oc3cccc(OC)c3)c3ccc(S(=O)(=O)C4CC4)cc3)s2)cc1. The van der Waals surface area contributed by atoms with Crippen LogP contribution in [0.15, 0.2) is 83.9 Å². The van der Waals surface area contributed by atoms with E-state index < -0.39 is 27.8 Å². The highest BCUT2D eigenvalue weighted by Crippen LogP contribution is 2.35. The molecule has 218 valence electrons. The van der Waals surface area contributed by atoms with Crippen LogP contribution in [0.1, 0.15) is 41.8 Å². The van der Waals surface area contributed by atoms with E-state index in [4.69, 9.17) is 18.9 Å². The third-order valence-corrected chi connectivity index (χ3v) is 9.38. The minimum atomic E-state index is -3.38. The number of benzene rings is 3. The van der Waals surface area contributed by atoms with Gasteiger partial charge in [0.2, 0.25) is 11.2 Å². The van der Waals surface area contributed by atoms with Crippen LogP contribution in [-0.4, -0.2) is 44.2 Å². The first kappa shape index (κ1) is 29.1. The second kappa shape index (κ2) is 12.6. The number of hydrogen-bond acceptors (Lipinski definition) is 10. The quantitative estimate of drug-likeness (QED) is 0.198. The van der Waals surface area contributed by atoms with E-state index >= 15 is 0 Å². The summed E-state index contributed by atoms with van der Waals surface area (Å²) in [6, 6.07) is 19.4. The second-order valence-corrected chi connectivity index (χ2v) is 12.5. The number of ether oxygens (including phenoxy) is 4. The van der Waals surface area contributed by atoms with Gasteiger partial charge in [0.1, 0.15) is 17.2 Å². The summed E-state index contributed by atoms with van der Waals surface area (Å²) in [5.74, 6) is 0.477. The summed E-state index contributed by atoms with van der Waals surface area (Å²) in [6.07, 6.45) is 1.66. The van der Waals surface area contributed by atoms with E-state index in [9.17, 15) is 18.0 Å². The molecule has 1 aromatic heterocycles. The minimum Gasteiger partial charge on any atom is -0.497 e. The van der Waals surface area contributed by atoms with E-state index in [1.165, 1.54) is 25.4 Å². The number of carbonyl (C=O) groups excluding carboxylic acids is 2. The van der Waals surface area contributed by atoms with Gasteiger partial charge < -0.3 is 18.9 Å². The zero-order chi connectivity index (χ0) is 29.7. The average Bonchev–Trinajstić information content (AvgIpc) is 3.78. The zero-order valence-electron chi connectivity index (χ0n) is 22.8. The molecule has 1 saturated carbocycles. The summed E-state index contributed by atoms with van der Waals surface area (Å²) in [5, 5.41) is 3.10. The van der Waals surface area contributed by atoms with Gasteiger partial charge >= 0.3 is 5.97 Å². The highest BCUT2D eigenvalue weighted by Gasteiger charge is 2.37. The van der Waals surface area contributed by atoms with E-state index in [0.717, 1.165) is 11.3 Å². The van der Waals surface area contributed by atoms with E-state index in [1.54, 1.807) is 67.6 Å². The van der Waals surface area contributed by atoms with Gasteiger partial charge in [-0.15, -0.1) is 0 Å². The molecule has 10 nitrogen and oxygen atoms in total. The smallest absolute Gasteiger partial charge is 0.338 e. The van der Waals surface area contributed by atoms with Gasteiger partial charge in [-0.3, -0.25) is 10.1 Å². The molecule has 0 bridgehead atoms. The molecule has 1 unspecified atom stereocenters. The highest BCUT2D eigenvalue weighted by atomic mass is 32.2. The van der Waals surface area contributed by atoms with Gasteiger partial charge in [0.05, 0.1) is 35.6 Å². The Balaban J connectivity index is 1.32. The summed E-state index contributed by atoms with van der Waals surface area (Å²) in [4.78, 5) is 29.8. The van der Waals surface area contributed by atoms with Crippen molar-refractivity contribution in [2.45, 2.75) is 36.0 Å². The molecule has 1 N–H and O–H groups in total. The van der Waals surface area contributed by atoms with Gasteiger partial charge in [0, 0.05) is 11.6 Å². The molecule has 1 aliphatic carbocycles. The number of thiazole rings is 1. The Bertz CT molecular complexity index is 1660. The normalized spacial score (nSPS) is 13.6. The Hall–Kier alpha value is -4.42. The van der Waals surface area contributed by atoms with Gasteiger partial charge in [-0.25, -0.2) is 18.2 Å². The predicted molar refractivity (Wildman–Crippen MR) is 156 cm³/mol. The molecule has 4 aromatic rings. The Kier molecular flexibility index (Phi) is 8.74. The van der Waals surface area contributed by atoms with Crippen LogP contribution in [0.2, 0.25) is 0 Å². The molecule has 1 amide bonds. The first-order valence-electron chi connectivity index (χ1n) is 13.1. The molecule has 3 aromatic carbocycles. The standard InChI is InChI=1S/C30H28N2O8S2/c1-3-38-29(34)20-7-11-21(12-8-20)39-26-18-31-30(41-26)32-28(33)27(40-23-6-4-5-22(17-23)37-2)19-9-13-24(14-10-19)42(35,36)25-15-16-25/h4-14,17-18,25,27H,3,15-16H2,1-2H3,(H,31,32,33). The molecule has 5 rings (SSSR count). The minimum absolute atomic E-state index is 0.214. The monoisotopic (exact) mass is 608 g/mol. The van der Waals surface area contributed by atoms with Gasteiger partial charge in [-0.2, -0.15) is 0 Å². The molecule has 1 aliphatic rings. The lowest BCUT2D eigenvalue weighted by atomic mass is 10.1. The van der Waals surface area contributed by atoms with E-state index in [-0.39, 0.29) is 21.9 Å². The number of sulfone groups is 1. The molecule has 1 atom stereocenters. The van der Waals surface area contributed by atoms with Crippen LogP contribution < -0.4 is 19.5 Å². The Labute approximate surface area is 247 Å². The number of anilines is 1. The molecule has 0 aliphatic heterocycles. The van der Waals surface area contributed by atoms with Crippen LogP contribution in [0.5, 0.6) is 22.3 Å². The average molecular weight is 609 g/mol. The fourth-order valence-electron chi connectivity index (χ4n) is 4.01. The van der Waals surface area contributed by atoms with Gasteiger partial charge in [-0.05, 0) is 68.3 Å². The first-order chi connectivity index (χ1) is 20.3. The van der Waals surface area contributed by atoms with Crippen molar-refractivity contribution < 1.29 is 37.0 Å². The van der Waals surface area contributed by atoms with E-state index in [1.807, 2.05) is 0 Å². The highest BCUT2D eigenvalue weighted by molar-refractivity contribution is 7.92. The van der Waals surface area contributed by atoms with Crippen molar-refractivity contribution in [3.8, 4) is 22.3 Å². The van der Waals surface area contributed by atoms with Crippen LogP contribution in [0.4, 0.5) is 5.13 Å². The van der Waals surface area contributed by atoms with E-state index in [2.05, 4.69) is 10.3 Å². The summed E-state index contributed by atoms with van der Waals surface area (Å²) in [5.41, 5.74) is 0.862. The maximum atomic E-state index is 13.5. The Morgan fingerprint density at radius 3 is 2.38 bits per heavy atom. The number of rotatable bonds is 12. The summed E-state index contributed by atoms with van der Waals surface area (Å²) in [6.45, 7) is 2.02. The van der Waals surface area contributed by atoms with Crippen molar-refractivity contribution in [2.24, 2.45) is 0 Å². The van der Waals surface area contributed by atoms with Gasteiger partial charge in [0.25, 0.3) is 5.91 Å². The third-order valence-electron chi connectivity index (χ3n) is 6.31. The fourth-order valence-corrected chi connectivity index (χ4v) is 6.36. The van der Waals surface area contributed by atoms with Crippen LogP contribution in [0.3, 0.4) is 0 Å². The lowest BCUT2D eigenvalue weighted by molar-refractivity contribution is -0.123. The first-order valence-corrected chi connectivity index (χ1v) is 15.5. The van der Waals surface area contributed by atoms with Crippen molar-refractivity contribution in [1.82, 2.24) is 4.98 Å². The Morgan fingerprint density at radius 1 is 1.00 bits per heavy atom. The number of amides is 1. The van der Waals surface area contributed by atoms with Crippen LogP contribution >= 0.6 is 11.3 Å². The zero-order valence-corrected chi connectivity index (χ0v) is 24.4. The van der Waals surface area contributed by atoms with Crippen molar-refractivity contribution in [3.05, 3.63) is 90.1 Å². The van der Waals surface area contributed by atoms with Crippen molar-refractivity contribution in [3.63, 3.8) is 0 Å². The number of nitrogens with one attached hydrogen (secondary N) is 1. The van der Waals surface area contributed by atoms with Crippen LogP contribution in [-0.2, 0) is 19.4 Å². The third kappa shape index (κ3) is 6.89. The molecule has 0 radical (unpaired) electrons. The van der Waals surface area contributed by atoms with Crippen LogP contribution in [0, 0.1) is 0 Å². The lowest BCUT2D eigenvalue weighted by Crippen LogP contribution is -2.25. The van der Waals surface area contributed by atoms with Gasteiger partial charge in [-0.1, -0.05) is 29.5 Å². The van der Waals surface area contributed by atoms with Gasteiger partial charge in [0.15, 0.2) is 15.0 Å². The molecular formula is C30H28N2O8S2. The summed E-state index contributed by atoms with van der Waals surface area (Å²) in [7, 11) is -1.85. The topological polar surface area (TPSA) is 130 Å². The number of carbonyl (C=O) groups is 2. The predicted octanol–water partition coefficient (Wildman–Crippen LogP) is 5.82. The lowest BCUT2D eigenvalue weighted by Gasteiger charge is -2.19.